The molecule has 0 spiro atoms. The van der Waals surface area contributed by atoms with Crippen LogP contribution in [-0.4, -0.2) is 19.0 Å². The molecule has 0 N–H and O–H groups in total. The van der Waals surface area contributed by atoms with Gasteiger partial charge in [-0.1, -0.05) is 84.9 Å². The van der Waals surface area contributed by atoms with Crippen molar-refractivity contribution in [3.05, 3.63) is 150 Å². The van der Waals surface area contributed by atoms with Crippen LogP contribution in [0.4, 0.5) is 5.69 Å². The number of furan rings is 1. The minimum atomic E-state index is -0.392. The van der Waals surface area contributed by atoms with Crippen LogP contribution in [0.2, 0.25) is 0 Å². The van der Waals surface area contributed by atoms with Gasteiger partial charge in [-0.15, -0.1) is 0 Å². The molecule has 1 amide bonds. The topological polar surface area (TPSA) is 59.8 Å². The summed E-state index contributed by atoms with van der Waals surface area (Å²) in [5, 5.41) is 0. The quantitative estimate of drug-likeness (QED) is 0.168. The van der Waals surface area contributed by atoms with Crippen LogP contribution < -0.4 is 4.90 Å². The summed E-state index contributed by atoms with van der Waals surface area (Å²) in [7, 11) is 1.35. The van der Waals surface area contributed by atoms with Gasteiger partial charge in [-0.25, -0.2) is 4.79 Å². The number of hydrogen-bond acceptors (Lipinski definition) is 4. The largest absolute Gasteiger partial charge is 0.465 e. The number of amides is 1. The molecule has 0 radical (unpaired) electrons. The average molecular weight is 524 g/mol. The number of carbonyl (C=O) groups excluding carboxylic acids is 2. The van der Waals surface area contributed by atoms with Gasteiger partial charge < -0.3 is 9.15 Å². The Kier molecular flexibility index (Phi) is 6.69. The Morgan fingerprint density at radius 1 is 0.700 bits per heavy atom. The van der Waals surface area contributed by atoms with Gasteiger partial charge in [0.1, 0.15) is 11.5 Å². The molecule has 1 aliphatic heterocycles. The van der Waals surface area contributed by atoms with E-state index < -0.39 is 5.97 Å². The van der Waals surface area contributed by atoms with Crippen molar-refractivity contribution in [2.75, 3.05) is 12.0 Å². The zero-order valence-electron chi connectivity index (χ0n) is 21.8. The lowest BCUT2D eigenvalue weighted by atomic mass is 10.0. The lowest BCUT2D eigenvalue weighted by Gasteiger charge is -2.21. The van der Waals surface area contributed by atoms with E-state index in [1.165, 1.54) is 7.11 Å². The van der Waals surface area contributed by atoms with E-state index in [-0.39, 0.29) is 5.91 Å². The maximum atomic E-state index is 13.8. The summed E-state index contributed by atoms with van der Waals surface area (Å²) in [4.78, 5) is 27.3. The standard InChI is InChI=1S/C35H25NO4/c1-39-35(38)28-14-12-27(13-15-28)33-21-20-31(40-33)22-29-23-32(26-10-6-3-7-11-26)36(34(29)37)30-18-16-25(17-19-30)24-8-4-2-5-9-24/h2-23H,1H3/b29-22+. The highest BCUT2D eigenvalue weighted by molar-refractivity contribution is 6.23. The van der Waals surface area contributed by atoms with Gasteiger partial charge in [0.25, 0.3) is 5.91 Å². The second-order valence-electron chi connectivity index (χ2n) is 9.32. The molecule has 0 unspecified atom stereocenters. The number of benzene rings is 4. The van der Waals surface area contributed by atoms with Gasteiger partial charge >= 0.3 is 5.97 Å². The van der Waals surface area contributed by atoms with Crippen molar-refractivity contribution < 1.29 is 18.7 Å². The maximum Gasteiger partial charge on any atom is 0.337 e. The molecule has 0 fully saturated rings. The van der Waals surface area contributed by atoms with E-state index in [0.717, 1.165) is 33.6 Å². The first kappa shape index (κ1) is 24.9. The number of methoxy groups -OCH3 is 1. The SMILES string of the molecule is COC(=O)c1ccc(-c2ccc(/C=C3\C=C(c4ccccc4)N(c4ccc(-c5ccccc5)cc4)C3=O)o2)cc1. The van der Waals surface area contributed by atoms with Crippen LogP contribution in [0.3, 0.4) is 0 Å². The van der Waals surface area contributed by atoms with Gasteiger partial charge in [-0.05, 0) is 65.2 Å². The molecule has 6 rings (SSSR count). The summed E-state index contributed by atoms with van der Waals surface area (Å²) in [6.07, 6.45) is 3.66. The minimum absolute atomic E-state index is 0.133. The Morgan fingerprint density at radius 2 is 1.30 bits per heavy atom. The fourth-order valence-corrected chi connectivity index (χ4v) is 4.75. The summed E-state index contributed by atoms with van der Waals surface area (Å²) < 4.78 is 10.8. The second kappa shape index (κ2) is 10.8. The Hall–Kier alpha value is -5.42. The van der Waals surface area contributed by atoms with E-state index in [2.05, 4.69) is 12.1 Å². The third-order valence-corrected chi connectivity index (χ3v) is 6.80. The highest BCUT2D eigenvalue weighted by Gasteiger charge is 2.30. The lowest BCUT2D eigenvalue weighted by Crippen LogP contribution is -2.24. The van der Waals surface area contributed by atoms with E-state index >= 15 is 0 Å². The third-order valence-electron chi connectivity index (χ3n) is 6.80. The van der Waals surface area contributed by atoms with Crippen LogP contribution >= 0.6 is 0 Å². The molecular weight excluding hydrogens is 498 g/mol. The van der Waals surface area contributed by atoms with Crippen molar-refractivity contribution in [2.45, 2.75) is 0 Å². The zero-order chi connectivity index (χ0) is 27.5. The van der Waals surface area contributed by atoms with Crippen molar-refractivity contribution in [1.29, 1.82) is 0 Å². The predicted octanol–water partition coefficient (Wildman–Crippen LogP) is 7.87. The third kappa shape index (κ3) is 4.88. The van der Waals surface area contributed by atoms with Crippen LogP contribution in [0.25, 0.3) is 34.2 Å². The number of anilines is 1. The Bertz CT molecular complexity index is 1730. The molecule has 4 aromatic carbocycles. The highest BCUT2D eigenvalue weighted by atomic mass is 16.5. The highest BCUT2D eigenvalue weighted by Crippen LogP contribution is 2.36. The van der Waals surface area contributed by atoms with Gasteiger partial charge in [0.2, 0.25) is 0 Å². The van der Waals surface area contributed by atoms with Crippen LogP contribution in [0.5, 0.6) is 0 Å². The number of esters is 1. The average Bonchev–Trinajstić information content (AvgIpc) is 3.62. The summed E-state index contributed by atoms with van der Waals surface area (Å²) in [6, 6.07) is 38.7. The summed E-state index contributed by atoms with van der Waals surface area (Å²) in [6.45, 7) is 0. The van der Waals surface area contributed by atoms with Crippen molar-refractivity contribution in [1.82, 2.24) is 0 Å². The fraction of sp³-hybridized carbons (Fsp3) is 0.0286. The van der Waals surface area contributed by atoms with Crippen LogP contribution in [0.1, 0.15) is 21.7 Å². The Balaban J connectivity index is 1.32. The molecule has 2 heterocycles. The van der Waals surface area contributed by atoms with Gasteiger partial charge in [-0.2, -0.15) is 0 Å². The van der Waals surface area contributed by atoms with Gasteiger partial charge in [0, 0.05) is 16.8 Å². The molecule has 0 bridgehead atoms. The van der Waals surface area contributed by atoms with Crippen molar-refractivity contribution in [2.24, 2.45) is 0 Å². The summed E-state index contributed by atoms with van der Waals surface area (Å²) in [5.74, 6) is 0.665. The molecule has 1 aliphatic rings. The Labute approximate surface area is 232 Å². The van der Waals surface area contributed by atoms with Gasteiger partial charge in [0.05, 0.1) is 18.4 Å². The summed E-state index contributed by atoms with van der Waals surface area (Å²) >= 11 is 0. The van der Waals surface area contributed by atoms with Gasteiger partial charge in [0.15, 0.2) is 0 Å². The first-order chi connectivity index (χ1) is 19.6. The molecular formula is C35H25NO4. The van der Waals surface area contributed by atoms with Crippen molar-refractivity contribution >= 4 is 29.3 Å². The van der Waals surface area contributed by atoms with E-state index in [1.54, 1.807) is 35.2 Å². The molecule has 5 nitrogen and oxygen atoms in total. The zero-order valence-corrected chi connectivity index (χ0v) is 21.8. The van der Waals surface area contributed by atoms with Crippen molar-refractivity contribution in [3.8, 4) is 22.5 Å². The van der Waals surface area contributed by atoms with Crippen LogP contribution in [-0.2, 0) is 9.53 Å². The molecule has 5 aromatic rings. The normalized spacial score (nSPS) is 13.9. The van der Waals surface area contributed by atoms with E-state index in [0.29, 0.717) is 22.7 Å². The smallest absolute Gasteiger partial charge is 0.337 e. The number of ether oxygens (including phenoxy) is 1. The second-order valence-corrected chi connectivity index (χ2v) is 9.32. The van der Waals surface area contributed by atoms with Crippen molar-refractivity contribution in [3.63, 3.8) is 0 Å². The van der Waals surface area contributed by atoms with Crippen LogP contribution in [0.15, 0.2) is 137 Å². The molecule has 0 saturated heterocycles. The number of rotatable bonds is 6. The molecule has 40 heavy (non-hydrogen) atoms. The number of hydrogen-bond donors (Lipinski definition) is 0. The lowest BCUT2D eigenvalue weighted by molar-refractivity contribution is -0.113. The van der Waals surface area contributed by atoms with E-state index in [9.17, 15) is 9.59 Å². The monoisotopic (exact) mass is 523 g/mol. The molecule has 0 atom stereocenters. The Morgan fingerprint density at radius 3 is 1.95 bits per heavy atom. The van der Waals surface area contributed by atoms with E-state index in [1.807, 2.05) is 91.0 Å². The molecule has 1 aromatic heterocycles. The molecule has 5 heteroatoms. The maximum absolute atomic E-state index is 13.8. The molecule has 0 saturated carbocycles. The number of carbonyl (C=O) groups is 2. The van der Waals surface area contributed by atoms with Crippen LogP contribution in [0, 0.1) is 0 Å². The number of nitrogens with zero attached hydrogens (tertiary/aromatic N) is 1. The molecule has 0 aliphatic carbocycles. The minimum Gasteiger partial charge on any atom is -0.465 e. The fourth-order valence-electron chi connectivity index (χ4n) is 4.75. The molecule has 194 valence electrons. The van der Waals surface area contributed by atoms with E-state index in [4.69, 9.17) is 9.15 Å². The predicted molar refractivity (Wildman–Crippen MR) is 157 cm³/mol. The van der Waals surface area contributed by atoms with Gasteiger partial charge in [-0.3, -0.25) is 9.69 Å². The first-order valence-corrected chi connectivity index (χ1v) is 12.9. The first-order valence-electron chi connectivity index (χ1n) is 12.9. The summed E-state index contributed by atoms with van der Waals surface area (Å²) in [5.41, 5.74) is 6.53.